The molecule has 6 nitrogen and oxygen atoms in total. The SMILES string of the molecule is CCN(C)c1cccc(NC(=O)c2cc(S(=O)(=O)N3CCCC3)ccc2Br)c1. The van der Waals surface area contributed by atoms with Crippen LogP contribution in [0.25, 0.3) is 0 Å². The van der Waals surface area contributed by atoms with Crippen molar-refractivity contribution in [3.63, 3.8) is 0 Å². The Morgan fingerprint density at radius 3 is 2.57 bits per heavy atom. The van der Waals surface area contributed by atoms with Gasteiger partial charge in [-0.2, -0.15) is 4.31 Å². The molecular formula is C20H24BrN3O3S. The van der Waals surface area contributed by atoms with E-state index in [0.717, 1.165) is 25.1 Å². The molecule has 0 spiro atoms. The maximum Gasteiger partial charge on any atom is 0.256 e. The van der Waals surface area contributed by atoms with Gasteiger partial charge in [-0.05, 0) is 72.1 Å². The van der Waals surface area contributed by atoms with Gasteiger partial charge in [0.2, 0.25) is 10.0 Å². The Kier molecular flexibility index (Phi) is 6.42. The predicted octanol–water partition coefficient (Wildman–Crippen LogP) is 3.94. The van der Waals surface area contributed by atoms with Crippen molar-refractivity contribution >= 4 is 43.2 Å². The third-order valence-electron chi connectivity index (χ3n) is 4.90. The topological polar surface area (TPSA) is 69.7 Å². The molecule has 0 bridgehead atoms. The van der Waals surface area contributed by atoms with Crippen LogP contribution >= 0.6 is 15.9 Å². The van der Waals surface area contributed by atoms with Gasteiger partial charge in [-0.25, -0.2) is 8.42 Å². The van der Waals surface area contributed by atoms with Gasteiger partial charge < -0.3 is 10.2 Å². The number of sulfonamides is 1. The Morgan fingerprint density at radius 2 is 1.89 bits per heavy atom. The van der Waals surface area contributed by atoms with Gasteiger partial charge in [0.15, 0.2) is 0 Å². The first kappa shape index (κ1) is 20.8. The zero-order chi connectivity index (χ0) is 20.3. The number of hydrogen-bond acceptors (Lipinski definition) is 4. The Morgan fingerprint density at radius 1 is 1.18 bits per heavy atom. The standard InChI is InChI=1S/C20H24BrN3O3S/c1-3-23(2)16-8-6-7-15(13-16)22-20(25)18-14-17(9-10-19(18)21)28(26,27)24-11-4-5-12-24/h6-10,13-14H,3-5,11-12H2,1-2H3,(H,22,25). The van der Waals surface area contributed by atoms with Crippen LogP contribution in [0.15, 0.2) is 51.8 Å². The summed E-state index contributed by atoms with van der Waals surface area (Å²) in [6, 6.07) is 12.1. The molecule has 150 valence electrons. The molecule has 2 aromatic rings. The largest absolute Gasteiger partial charge is 0.375 e. The highest BCUT2D eigenvalue weighted by atomic mass is 79.9. The van der Waals surface area contributed by atoms with Gasteiger partial charge >= 0.3 is 0 Å². The molecule has 1 N–H and O–H groups in total. The number of carbonyl (C=O) groups excluding carboxylic acids is 1. The zero-order valence-electron chi connectivity index (χ0n) is 16.0. The zero-order valence-corrected chi connectivity index (χ0v) is 18.4. The molecule has 0 unspecified atom stereocenters. The number of nitrogens with zero attached hydrogens (tertiary/aromatic N) is 2. The second-order valence-electron chi connectivity index (χ2n) is 6.77. The Bertz CT molecular complexity index is 972. The van der Waals surface area contributed by atoms with Crippen LogP contribution in [-0.2, 0) is 10.0 Å². The number of nitrogens with one attached hydrogen (secondary N) is 1. The van der Waals surface area contributed by atoms with E-state index in [1.165, 1.54) is 16.4 Å². The maximum absolute atomic E-state index is 12.8. The summed E-state index contributed by atoms with van der Waals surface area (Å²) in [5, 5.41) is 2.86. The van der Waals surface area contributed by atoms with Crippen molar-refractivity contribution < 1.29 is 13.2 Å². The van der Waals surface area contributed by atoms with Crippen molar-refractivity contribution in [3.05, 3.63) is 52.5 Å². The molecule has 28 heavy (non-hydrogen) atoms. The predicted molar refractivity (Wildman–Crippen MR) is 115 cm³/mol. The third-order valence-corrected chi connectivity index (χ3v) is 7.49. The number of carbonyl (C=O) groups is 1. The molecule has 8 heteroatoms. The maximum atomic E-state index is 12.8. The second-order valence-corrected chi connectivity index (χ2v) is 9.56. The van der Waals surface area contributed by atoms with Gasteiger partial charge in [-0.15, -0.1) is 0 Å². The summed E-state index contributed by atoms with van der Waals surface area (Å²) in [4.78, 5) is 15.0. The lowest BCUT2D eigenvalue weighted by Crippen LogP contribution is -2.28. The van der Waals surface area contributed by atoms with E-state index in [2.05, 4.69) is 33.1 Å². The number of rotatable bonds is 6. The molecule has 1 aliphatic rings. The van der Waals surface area contributed by atoms with Gasteiger partial charge in [0.05, 0.1) is 10.5 Å². The fraction of sp³-hybridized carbons (Fsp3) is 0.350. The molecule has 0 aromatic heterocycles. The smallest absolute Gasteiger partial charge is 0.256 e. The minimum Gasteiger partial charge on any atom is -0.375 e. The van der Waals surface area contributed by atoms with E-state index in [0.29, 0.717) is 23.2 Å². The number of anilines is 2. The number of benzene rings is 2. The molecule has 0 atom stereocenters. The summed E-state index contributed by atoms with van der Waals surface area (Å²) in [5.74, 6) is -0.360. The summed E-state index contributed by atoms with van der Waals surface area (Å²) in [6.07, 6.45) is 1.73. The van der Waals surface area contributed by atoms with Gasteiger partial charge in [0, 0.05) is 42.5 Å². The van der Waals surface area contributed by atoms with Crippen LogP contribution < -0.4 is 10.2 Å². The number of amides is 1. The lowest BCUT2D eigenvalue weighted by atomic mass is 10.2. The van der Waals surface area contributed by atoms with Crippen LogP contribution in [0.1, 0.15) is 30.1 Å². The minimum atomic E-state index is -3.58. The van der Waals surface area contributed by atoms with Crippen LogP contribution in [0.5, 0.6) is 0 Å². The molecule has 1 saturated heterocycles. The third kappa shape index (κ3) is 4.39. The van der Waals surface area contributed by atoms with Gasteiger partial charge in [-0.3, -0.25) is 4.79 Å². The average molecular weight is 466 g/mol. The highest BCUT2D eigenvalue weighted by molar-refractivity contribution is 9.10. The van der Waals surface area contributed by atoms with E-state index in [1.807, 2.05) is 31.3 Å². The Hall–Kier alpha value is -1.90. The summed E-state index contributed by atoms with van der Waals surface area (Å²) in [6.45, 7) is 3.95. The van der Waals surface area contributed by atoms with Crippen LogP contribution in [0.4, 0.5) is 11.4 Å². The van der Waals surface area contributed by atoms with E-state index < -0.39 is 10.0 Å². The van der Waals surface area contributed by atoms with Crippen LogP contribution in [0.3, 0.4) is 0 Å². The highest BCUT2D eigenvalue weighted by Crippen LogP contribution is 2.27. The van der Waals surface area contributed by atoms with Crippen molar-refractivity contribution in [1.29, 1.82) is 0 Å². The molecule has 1 aliphatic heterocycles. The van der Waals surface area contributed by atoms with Crippen LogP contribution in [0, 0.1) is 0 Å². The van der Waals surface area contributed by atoms with E-state index in [1.54, 1.807) is 6.07 Å². The van der Waals surface area contributed by atoms with Crippen molar-refractivity contribution in [3.8, 4) is 0 Å². The molecule has 1 heterocycles. The van der Waals surface area contributed by atoms with E-state index >= 15 is 0 Å². The molecule has 0 aliphatic carbocycles. The quantitative estimate of drug-likeness (QED) is 0.700. The molecule has 3 rings (SSSR count). The van der Waals surface area contributed by atoms with Gasteiger partial charge in [0.1, 0.15) is 0 Å². The molecule has 2 aromatic carbocycles. The van der Waals surface area contributed by atoms with Crippen LogP contribution in [-0.4, -0.2) is 45.3 Å². The van der Waals surface area contributed by atoms with Crippen LogP contribution in [0.2, 0.25) is 0 Å². The number of hydrogen-bond donors (Lipinski definition) is 1. The molecule has 0 radical (unpaired) electrons. The van der Waals surface area contributed by atoms with Crippen molar-refractivity contribution in [1.82, 2.24) is 4.31 Å². The van der Waals surface area contributed by atoms with Crippen molar-refractivity contribution in [2.75, 3.05) is 36.9 Å². The lowest BCUT2D eigenvalue weighted by molar-refractivity contribution is 0.102. The summed E-state index contributed by atoms with van der Waals surface area (Å²) in [5.41, 5.74) is 1.93. The monoisotopic (exact) mass is 465 g/mol. The Balaban J connectivity index is 1.86. The number of halogens is 1. The van der Waals surface area contributed by atoms with Gasteiger partial charge in [-0.1, -0.05) is 6.07 Å². The van der Waals surface area contributed by atoms with Crippen molar-refractivity contribution in [2.45, 2.75) is 24.7 Å². The minimum absolute atomic E-state index is 0.141. The van der Waals surface area contributed by atoms with E-state index in [-0.39, 0.29) is 16.4 Å². The molecule has 1 fully saturated rings. The fourth-order valence-electron chi connectivity index (χ4n) is 3.12. The second kappa shape index (κ2) is 8.63. The molecular weight excluding hydrogens is 442 g/mol. The fourth-order valence-corrected chi connectivity index (χ4v) is 5.09. The first-order valence-corrected chi connectivity index (χ1v) is 11.5. The van der Waals surface area contributed by atoms with E-state index in [9.17, 15) is 13.2 Å². The summed E-state index contributed by atoms with van der Waals surface area (Å²) in [7, 11) is -1.60. The average Bonchev–Trinajstić information content (AvgIpc) is 3.23. The van der Waals surface area contributed by atoms with Gasteiger partial charge in [0.25, 0.3) is 5.91 Å². The molecule has 0 saturated carbocycles. The van der Waals surface area contributed by atoms with E-state index in [4.69, 9.17) is 0 Å². The lowest BCUT2D eigenvalue weighted by Gasteiger charge is -2.18. The first-order chi connectivity index (χ1) is 13.3. The Labute approximate surface area is 174 Å². The normalized spacial score (nSPS) is 14.8. The summed E-state index contributed by atoms with van der Waals surface area (Å²) >= 11 is 3.37. The van der Waals surface area contributed by atoms with Crippen molar-refractivity contribution in [2.24, 2.45) is 0 Å². The highest BCUT2D eigenvalue weighted by Gasteiger charge is 2.28. The first-order valence-electron chi connectivity index (χ1n) is 9.25. The molecule has 1 amide bonds. The summed E-state index contributed by atoms with van der Waals surface area (Å²) < 4.78 is 27.6.